The largest absolute Gasteiger partial charge is 0.418 e. The minimum atomic E-state index is 0.503. The van der Waals surface area contributed by atoms with E-state index in [1.54, 1.807) is 31.6 Å². The molecular formula is C18H21N5O. The predicted octanol–water partition coefficient (Wildman–Crippen LogP) is 3.58. The van der Waals surface area contributed by atoms with Gasteiger partial charge in [0.15, 0.2) is 5.52 Å². The standard InChI is InChI=1S/C18H21N5O/c1-4-5-7-14(8-6-10-19)9-13-23(3)16-15-17(22-12-11-21-15)24-18(16)20-2/h4-12,19-20H,1,13H2,2-3H3/b7-5-,8-6-,14-9+,19-10?. The van der Waals surface area contributed by atoms with Gasteiger partial charge in [-0.1, -0.05) is 37.0 Å². The monoisotopic (exact) mass is 323 g/mol. The molecule has 2 N–H and O–H groups in total. The Morgan fingerprint density at radius 1 is 1.33 bits per heavy atom. The van der Waals surface area contributed by atoms with Crippen molar-refractivity contribution in [3.8, 4) is 0 Å². The summed E-state index contributed by atoms with van der Waals surface area (Å²) in [6.45, 7) is 4.31. The van der Waals surface area contributed by atoms with Crippen LogP contribution >= 0.6 is 0 Å². The molecule has 0 radical (unpaired) electrons. The van der Waals surface area contributed by atoms with Gasteiger partial charge in [-0.25, -0.2) is 9.97 Å². The molecule has 2 aromatic heterocycles. The molecule has 0 saturated carbocycles. The van der Waals surface area contributed by atoms with Crippen LogP contribution in [0.4, 0.5) is 11.6 Å². The van der Waals surface area contributed by atoms with Crippen LogP contribution in [0.2, 0.25) is 0 Å². The number of furan rings is 1. The minimum absolute atomic E-state index is 0.503. The SMILES string of the molecule is C=C\C=C/C(/C=C\C=N)=C\CN(C)c1c(NC)oc2nccnc12. The summed E-state index contributed by atoms with van der Waals surface area (Å²) in [6, 6.07) is 0. The second-order valence-electron chi connectivity index (χ2n) is 4.95. The fraction of sp³-hybridized carbons (Fsp3) is 0.167. The van der Waals surface area contributed by atoms with Crippen molar-refractivity contribution in [1.82, 2.24) is 9.97 Å². The molecule has 0 bridgehead atoms. The molecule has 6 heteroatoms. The van der Waals surface area contributed by atoms with Crippen LogP contribution in [-0.4, -0.2) is 36.8 Å². The normalized spacial score (nSPS) is 12.2. The smallest absolute Gasteiger partial charge is 0.249 e. The number of allylic oxidation sites excluding steroid dienone is 6. The van der Waals surface area contributed by atoms with Gasteiger partial charge in [0.25, 0.3) is 0 Å². The zero-order chi connectivity index (χ0) is 17.4. The third-order valence-electron chi connectivity index (χ3n) is 3.32. The van der Waals surface area contributed by atoms with Crippen LogP contribution in [0, 0.1) is 5.41 Å². The quantitative estimate of drug-likeness (QED) is 0.573. The summed E-state index contributed by atoms with van der Waals surface area (Å²) in [6.07, 6.45) is 15.6. The molecule has 0 spiro atoms. The van der Waals surface area contributed by atoms with Crippen molar-refractivity contribution in [1.29, 1.82) is 5.41 Å². The molecule has 0 aliphatic heterocycles. The van der Waals surface area contributed by atoms with Crippen molar-refractivity contribution in [2.75, 3.05) is 30.9 Å². The molecule has 24 heavy (non-hydrogen) atoms. The molecule has 0 atom stereocenters. The molecule has 124 valence electrons. The average molecular weight is 323 g/mol. The lowest BCUT2D eigenvalue weighted by molar-refractivity contribution is 0.617. The number of rotatable bonds is 8. The Labute approximate surface area is 141 Å². The highest BCUT2D eigenvalue weighted by Crippen LogP contribution is 2.34. The third-order valence-corrected chi connectivity index (χ3v) is 3.32. The molecule has 0 fully saturated rings. The van der Waals surface area contributed by atoms with Crippen LogP contribution in [0.15, 0.2) is 65.4 Å². The summed E-state index contributed by atoms with van der Waals surface area (Å²) in [5.41, 5.74) is 3.06. The van der Waals surface area contributed by atoms with Crippen LogP contribution in [-0.2, 0) is 0 Å². The molecular weight excluding hydrogens is 302 g/mol. The molecule has 2 rings (SSSR count). The first-order chi connectivity index (χ1) is 11.7. The number of aromatic nitrogens is 2. The Bertz CT molecular complexity index is 781. The molecule has 0 aromatic carbocycles. The van der Waals surface area contributed by atoms with Crippen LogP contribution in [0.25, 0.3) is 11.2 Å². The highest BCUT2D eigenvalue weighted by Gasteiger charge is 2.18. The van der Waals surface area contributed by atoms with Gasteiger partial charge in [0.05, 0.1) is 0 Å². The van der Waals surface area contributed by atoms with Gasteiger partial charge in [-0.05, 0) is 11.6 Å². The lowest BCUT2D eigenvalue weighted by atomic mass is 10.2. The Hall–Kier alpha value is -3.15. The van der Waals surface area contributed by atoms with Crippen LogP contribution in [0.1, 0.15) is 0 Å². The number of hydrogen-bond donors (Lipinski definition) is 2. The third kappa shape index (κ3) is 3.98. The van der Waals surface area contributed by atoms with E-state index < -0.39 is 0 Å². The van der Waals surface area contributed by atoms with E-state index in [1.807, 2.05) is 30.2 Å². The Morgan fingerprint density at radius 2 is 2.08 bits per heavy atom. The van der Waals surface area contributed by atoms with Crippen molar-refractivity contribution in [3.05, 3.63) is 61.0 Å². The number of anilines is 2. The van der Waals surface area contributed by atoms with E-state index in [1.165, 1.54) is 6.21 Å². The zero-order valence-electron chi connectivity index (χ0n) is 13.9. The van der Waals surface area contributed by atoms with Crippen LogP contribution in [0.3, 0.4) is 0 Å². The van der Waals surface area contributed by atoms with Crippen molar-refractivity contribution in [3.63, 3.8) is 0 Å². The van der Waals surface area contributed by atoms with Gasteiger partial charge in [0.1, 0.15) is 5.69 Å². The maximum Gasteiger partial charge on any atom is 0.249 e. The lowest BCUT2D eigenvalue weighted by Gasteiger charge is -2.17. The zero-order valence-corrected chi connectivity index (χ0v) is 13.9. The summed E-state index contributed by atoms with van der Waals surface area (Å²) in [7, 11) is 3.77. The van der Waals surface area contributed by atoms with E-state index in [4.69, 9.17) is 9.83 Å². The Morgan fingerprint density at radius 3 is 2.79 bits per heavy atom. The number of likely N-dealkylation sites (N-methyl/N-ethyl adjacent to an activating group) is 1. The number of nitrogens with one attached hydrogen (secondary N) is 2. The number of hydrogen-bond acceptors (Lipinski definition) is 6. The van der Waals surface area contributed by atoms with Crippen molar-refractivity contribution >= 4 is 29.0 Å². The molecule has 6 nitrogen and oxygen atoms in total. The van der Waals surface area contributed by atoms with Gasteiger partial charge in [0, 0.05) is 39.2 Å². The Balaban J connectivity index is 2.31. The Kier molecular flexibility index (Phi) is 6.08. The second kappa shape index (κ2) is 8.47. The number of nitrogens with zero attached hydrogens (tertiary/aromatic N) is 3. The molecule has 0 aliphatic rings. The maximum atomic E-state index is 7.12. The first-order valence-corrected chi connectivity index (χ1v) is 7.50. The van der Waals surface area contributed by atoms with E-state index >= 15 is 0 Å². The summed E-state index contributed by atoms with van der Waals surface area (Å²) < 4.78 is 5.69. The van der Waals surface area contributed by atoms with Gasteiger partial charge in [-0.3, -0.25) is 0 Å². The molecule has 0 saturated heterocycles. The van der Waals surface area contributed by atoms with Gasteiger partial charge in [-0.15, -0.1) is 0 Å². The van der Waals surface area contributed by atoms with E-state index in [0.717, 1.165) is 16.8 Å². The molecule has 0 aliphatic carbocycles. The average Bonchev–Trinajstić information content (AvgIpc) is 2.99. The topological polar surface area (TPSA) is 78.0 Å². The van der Waals surface area contributed by atoms with E-state index in [-0.39, 0.29) is 0 Å². The second-order valence-corrected chi connectivity index (χ2v) is 4.95. The maximum absolute atomic E-state index is 7.12. The lowest BCUT2D eigenvalue weighted by Crippen LogP contribution is -2.18. The van der Waals surface area contributed by atoms with Gasteiger partial charge in [0.2, 0.25) is 11.6 Å². The fourth-order valence-corrected chi connectivity index (χ4v) is 2.20. The molecule has 2 aromatic rings. The highest BCUT2D eigenvalue weighted by atomic mass is 16.4. The van der Waals surface area contributed by atoms with E-state index in [0.29, 0.717) is 18.1 Å². The summed E-state index contributed by atoms with van der Waals surface area (Å²) in [5, 5.41) is 10.2. The van der Waals surface area contributed by atoms with Gasteiger partial charge < -0.3 is 20.0 Å². The van der Waals surface area contributed by atoms with Crippen molar-refractivity contribution in [2.45, 2.75) is 0 Å². The summed E-state index contributed by atoms with van der Waals surface area (Å²) in [4.78, 5) is 10.6. The predicted molar refractivity (Wildman–Crippen MR) is 100.0 cm³/mol. The van der Waals surface area contributed by atoms with Gasteiger partial charge >= 0.3 is 0 Å². The molecule has 0 amide bonds. The molecule has 0 unspecified atom stereocenters. The van der Waals surface area contributed by atoms with E-state index in [2.05, 4.69) is 27.9 Å². The summed E-state index contributed by atoms with van der Waals surface area (Å²) in [5.74, 6) is 0.630. The fourth-order valence-electron chi connectivity index (χ4n) is 2.20. The highest BCUT2D eigenvalue weighted by molar-refractivity contribution is 5.92. The van der Waals surface area contributed by atoms with Crippen LogP contribution < -0.4 is 10.2 Å². The number of fused-ring (bicyclic) bond motifs is 1. The van der Waals surface area contributed by atoms with Crippen molar-refractivity contribution in [2.24, 2.45) is 0 Å². The molecule has 2 heterocycles. The van der Waals surface area contributed by atoms with Gasteiger partial charge in [-0.2, -0.15) is 0 Å². The summed E-state index contributed by atoms with van der Waals surface area (Å²) >= 11 is 0. The van der Waals surface area contributed by atoms with Crippen molar-refractivity contribution < 1.29 is 4.42 Å². The minimum Gasteiger partial charge on any atom is -0.418 e. The van der Waals surface area contributed by atoms with E-state index in [9.17, 15) is 0 Å². The first kappa shape index (κ1) is 17.2. The van der Waals surface area contributed by atoms with Crippen LogP contribution in [0.5, 0.6) is 0 Å². The first-order valence-electron chi connectivity index (χ1n) is 7.50.